The average Bonchev–Trinajstić information content (AvgIpc) is 2.72. The van der Waals surface area contributed by atoms with Crippen LogP contribution in [-0.4, -0.2) is 68.5 Å². The van der Waals surface area contributed by atoms with Crippen molar-refractivity contribution in [3.05, 3.63) is 45.4 Å². The Kier molecular flexibility index (Phi) is 5.06. The molecule has 0 saturated carbocycles. The van der Waals surface area contributed by atoms with Gasteiger partial charge in [0.1, 0.15) is 22.8 Å². The Hall–Kier alpha value is -3.37. The maximum atomic E-state index is 13.5. The van der Waals surface area contributed by atoms with Crippen LogP contribution in [-0.2, 0) is 22.4 Å². The molecule has 10 heteroatoms. The van der Waals surface area contributed by atoms with E-state index >= 15 is 0 Å². The van der Waals surface area contributed by atoms with E-state index in [0.29, 0.717) is 12.0 Å². The summed E-state index contributed by atoms with van der Waals surface area (Å²) in [5, 5.41) is 44.0. The highest BCUT2D eigenvalue weighted by atomic mass is 16.3. The van der Waals surface area contributed by atoms with Gasteiger partial charge in [0, 0.05) is 11.5 Å². The third-order valence-electron chi connectivity index (χ3n) is 7.23. The highest BCUT2D eigenvalue weighted by Crippen LogP contribution is 2.52. The van der Waals surface area contributed by atoms with Gasteiger partial charge < -0.3 is 31.9 Å². The van der Waals surface area contributed by atoms with E-state index < -0.39 is 63.8 Å². The van der Waals surface area contributed by atoms with Crippen molar-refractivity contribution in [3.63, 3.8) is 0 Å². The zero-order valence-corrected chi connectivity index (χ0v) is 18.5. The first-order valence-corrected chi connectivity index (χ1v) is 10.7. The van der Waals surface area contributed by atoms with Gasteiger partial charge >= 0.3 is 0 Å². The van der Waals surface area contributed by atoms with E-state index in [9.17, 15) is 34.8 Å². The molecule has 0 fully saturated rings. The van der Waals surface area contributed by atoms with Crippen molar-refractivity contribution in [1.82, 2.24) is 4.90 Å². The number of aliphatic hydroxyl groups excluding tert-OH is 2. The van der Waals surface area contributed by atoms with Gasteiger partial charge in [-0.25, -0.2) is 0 Å². The van der Waals surface area contributed by atoms with Crippen molar-refractivity contribution >= 4 is 23.2 Å². The molecule has 4 rings (SSSR count). The van der Waals surface area contributed by atoms with Crippen LogP contribution in [0.25, 0.3) is 0 Å². The van der Waals surface area contributed by atoms with Gasteiger partial charge in [0.15, 0.2) is 11.4 Å². The number of allylic oxidation sites excluding steroid dienone is 1. The second-order valence-electron chi connectivity index (χ2n) is 9.14. The summed E-state index contributed by atoms with van der Waals surface area (Å²) in [6.07, 6.45) is 0.862. The minimum Gasteiger partial charge on any atom is -0.510 e. The second kappa shape index (κ2) is 7.32. The summed E-state index contributed by atoms with van der Waals surface area (Å²) in [5.41, 5.74) is 8.84. The monoisotopic (exact) mass is 457 g/mol. The molecule has 0 bridgehead atoms. The number of benzene rings is 1. The molecule has 0 saturated heterocycles. The van der Waals surface area contributed by atoms with Gasteiger partial charge in [-0.3, -0.25) is 19.3 Å². The Morgan fingerprint density at radius 1 is 1.24 bits per heavy atom. The van der Waals surface area contributed by atoms with E-state index in [-0.39, 0.29) is 29.7 Å². The van der Waals surface area contributed by atoms with Crippen LogP contribution in [0, 0.1) is 11.8 Å². The molecule has 4 atom stereocenters. The number of likely N-dealkylation sites (N-methyl/N-ethyl adjacent to an activating group) is 1. The Labute approximate surface area is 189 Å². The fourth-order valence-electron chi connectivity index (χ4n) is 5.73. The molecule has 33 heavy (non-hydrogen) atoms. The number of nitrogen functional groups attached to an aromatic ring is 1. The van der Waals surface area contributed by atoms with E-state index in [4.69, 9.17) is 11.5 Å². The number of aromatic hydroxyl groups is 1. The zero-order valence-electron chi connectivity index (χ0n) is 18.5. The van der Waals surface area contributed by atoms with Crippen molar-refractivity contribution < 1.29 is 34.8 Å². The minimum atomic E-state index is -2.64. The number of phenols is 1. The molecule has 10 nitrogen and oxygen atoms in total. The van der Waals surface area contributed by atoms with Gasteiger partial charge in [-0.05, 0) is 56.5 Å². The predicted molar refractivity (Wildman–Crippen MR) is 117 cm³/mol. The number of nitrogens with two attached hydrogens (primary N) is 2. The Balaban J connectivity index is 1.99. The largest absolute Gasteiger partial charge is 0.510 e. The highest BCUT2D eigenvalue weighted by Gasteiger charge is 2.63. The summed E-state index contributed by atoms with van der Waals surface area (Å²) in [6.45, 7) is 1.88. The number of ketones is 2. The summed E-state index contributed by atoms with van der Waals surface area (Å²) in [4.78, 5) is 40.2. The lowest BCUT2D eigenvalue weighted by Crippen LogP contribution is -2.63. The van der Waals surface area contributed by atoms with Gasteiger partial charge in [0.25, 0.3) is 5.91 Å². The maximum absolute atomic E-state index is 13.5. The van der Waals surface area contributed by atoms with Crippen molar-refractivity contribution in [1.29, 1.82) is 0 Å². The molecule has 3 aliphatic carbocycles. The number of phenolic OH excluding ortho intramolecular Hbond substituents is 1. The molecule has 0 aromatic heterocycles. The number of fused-ring (bicyclic) bond motifs is 3. The minimum absolute atomic E-state index is 0.00942. The average molecular weight is 457 g/mol. The van der Waals surface area contributed by atoms with Crippen molar-refractivity contribution in [3.8, 4) is 5.75 Å². The topological polar surface area (TPSA) is 187 Å². The Bertz CT molecular complexity index is 1180. The zero-order chi connectivity index (χ0) is 24.6. The van der Waals surface area contributed by atoms with Crippen LogP contribution in [0.1, 0.15) is 34.8 Å². The molecule has 0 spiro atoms. The first-order valence-electron chi connectivity index (χ1n) is 10.7. The summed E-state index contributed by atoms with van der Waals surface area (Å²) in [5.74, 6) is -6.79. The summed E-state index contributed by atoms with van der Waals surface area (Å²) in [6, 6.07) is 0.594. The Morgan fingerprint density at radius 2 is 1.88 bits per heavy atom. The third kappa shape index (κ3) is 2.83. The second-order valence-corrected chi connectivity index (χ2v) is 9.14. The Morgan fingerprint density at radius 3 is 2.42 bits per heavy atom. The summed E-state index contributed by atoms with van der Waals surface area (Å²) < 4.78 is 0. The molecule has 1 aromatic carbocycles. The number of carbonyl (C=O) groups is 3. The number of Topliss-reactive ketones (excluding diaryl/α,β-unsaturated/α-hetero) is 2. The molecule has 1 aromatic rings. The van der Waals surface area contributed by atoms with Gasteiger partial charge in [-0.2, -0.15) is 0 Å². The first-order chi connectivity index (χ1) is 15.4. The standard InChI is InChI=1S/C23H27N3O7/c1-4-8-7-12(24)17(27)14-10(8)5-9-6-11-16(26(2)3)19(29)15(22(25)32)21(31)23(11,33)20(30)13(9)18(14)28/h7,9,11,16,27,29-30,33H,4-6,24H2,1-3H3,(H2,25,32)/t9-,11-,16+,23+/m1/s1. The van der Waals surface area contributed by atoms with Crippen LogP contribution < -0.4 is 11.5 Å². The molecule has 0 aliphatic heterocycles. The highest BCUT2D eigenvalue weighted by molar-refractivity contribution is 6.24. The molecule has 176 valence electrons. The fraction of sp³-hybridized carbons (Fsp3) is 0.435. The smallest absolute Gasteiger partial charge is 0.255 e. The number of primary amides is 1. The van der Waals surface area contributed by atoms with Gasteiger partial charge in [0.05, 0.1) is 17.3 Å². The SMILES string of the molecule is CCc1cc(N)c(O)c2c1C[C@@H]1C[C@@H]3[C@H](N(C)C)C(O)=C(C(N)=O)C(=O)[C@@]3(O)C(O)=C1C2=O. The number of aryl methyl sites for hydroxylation is 1. The summed E-state index contributed by atoms with van der Waals surface area (Å²) in [7, 11) is 3.17. The van der Waals surface area contributed by atoms with Gasteiger partial charge in [0.2, 0.25) is 5.78 Å². The normalized spacial score (nSPS) is 29.2. The number of rotatable bonds is 3. The van der Waals surface area contributed by atoms with Gasteiger partial charge in [-0.15, -0.1) is 0 Å². The van der Waals surface area contributed by atoms with E-state index in [0.717, 1.165) is 5.56 Å². The van der Waals surface area contributed by atoms with Gasteiger partial charge in [-0.1, -0.05) is 6.92 Å². The van der Waals surface area contributed by atoms with Crippen molar-refractivity contribution in [2.45, 2.75) is 37.8 Å². The quantitative estimate of drug-likeness (QED) is 0.210. The number of carbonyl (C=O) groups excluding carboxylic acids is 3. The number of amides is 1. The summed E-state index contributed by atoms with van der Waals surface area (Å²) >= 11 is 0. The van der Waals surface area contributed by atoms with Crippen LogP contribution in [0.3, 0.4) is 0 Å². The molecule has 8 N–H and O–H groups in total. The molecule has 3 aliphatic rings. The number of anilines is 1. The van der Waals surface area contributed by atoms with Crippen molar-refractivity contribution in [2.24, 2.45) is 17.6 Å². The molecular weight excluding hydrogens is 430 g/mol. The van der Waals surface area contributed by atoms with Crippen LogP contribution >= 0.6 is 0 Å². The van der Waals surface area contributed by atoms with Crippen LogP contribution in [0.4, 0.5) is 5.69 Å². The fourth-order valence-corrected chi connectivity index (χ4v) is 5.73. The number of aliphatic hydroxyl groups is 3. The van der Waals surface area contributed by atoms with E-state index in [1.807, 2.05) is 6.92 Å². The van der Waals surface area contributed by atoms with E-state index in [2.05, 4.69) is 0 Å². The van der Waals surface area contributed by atoms with Crippen LogP contribution in [0.5, 0.6) is 5.75 Å². The molecule has 0 radical (unpaired) electrons. The van der Waals surface area contributed by atoms with Crippen LogP contribution in [0.2, 0.25) is 0 Å². The first kappa shape index (κ1) is 22.8. The predicted octanol–water partition coefficient (Wildman–Crippen LogP) is 0.265. The molecule has 0 unspecified atom stereocenters. The van der Waals surface area contributed by atoms with E-state index in [1.54, 1.807) is 20.2 Å². The number of nitrogens with zero attached hydrogens (tertiary/aromatic N) is 1. The molecule has 1 amide bonds. The van der Waals surface area contributed by atoms with Crippen molar-refractivity contribution in [2.75, 3.05) is 19.8 Å². The van der Waals surface area contributed by atoms with E-state index in [1.165, 1.54) is 4.90 Å². The molecular formula is C23H27N3O7. The third-order valence-corrected chi connectivity index (χ3v) is 7.23. The molecule has 0 heterocycles. The lowest BCUT2D eigenvalue weighted by Gasteiger charge is -2.50. The number of hydrogen-bond donors (Lipinski definition) is 6. The maximum Gasteiger partial charge on any atom is 0.255 e. The lowest BCUT2D eigenvalue weighted by atomic mass is 9.58. The number of hydrogen-bond acceptors (Lipinski definition) is 9. The lowest BCUT2D eigenvalue weighted by molar-refractivity contribution is -0.148. The van der Waals surface area contributed by atoms with Crippen LogP contribution in [0.15, 0.2) is 28.7 Å².